The fourth-order valence-electron chi connectivity index (χ4n) is 1.12. The standard InChI is InChI=1S/C9H6O3/c10-5-6-1-2-8-7(3-6)4-9(11)12-8/h1-5,11H. The zero-order valence-electron chi connectivity index (χ0n) is 6.15. The Kier molecular flexibility index (Phi) is 1.37. The molecule has 3 nitrogen and oxygen atoms in total. The summed E-state index contributed by atoms with van der Waals surface area (Å²) in [7, 11) is 0. The molecule has 0 bridgehead atoms. The van der Waals surface area contributed by atoms with Crippen LogP contribution in [0, 0.1) is 0 Å². The quantitative estimate of drug-likeness (QED) is 0.652. The van der Waals surface area contributed by atoms with Gasteiger partial charge in [0.2, 0.25) is 0 Å². The fraction of sp³-hybridized carbons (Fsp3) is 0. The first-order valence-electron chi connectivity index (χ1n) is 3.47. The molecule has 60 valence electrons. The first-order chi connectivity index (χ1) is 5.79. The number of carbonyl (C=O) groups is 1. The highest BCUT2D eigenvalue weighted by Crippen LogP contribution is 2.23. The summed E-state index contributed by atoms with van der Waals surface area (Å²) < 4.78 is 4.91. The summed E-state index contributed by atoms with van der Waals surface area (Å²) in [5, 5.41) is 9.70. The minimum Gasteiger partial charge on any atom is -0.481 e. The summed E-state index contributed by atoms with van der Waals surface area (Å²) in [6.45, 7) is 0. The largest absolute Gasteiger partial charge is 0.481 e. The lowest BCUT2D eigenvalue weighted by Gasteiger charge is -1.88. The Hall–Kier alpha value is -1.77. The number of hydrogen-bond donors (Lipinski definition) is 1. The van der Waals surface area contributed by atoms with E-state index in [2.05, 4.69) is 0 Å². The van der Waals surface area contributed by atoms with Crippen LogP contribution in [0.1, 0.15) is 10.4 Å². The Bertz CT molecular complexity index is 428. The van der Waals surface area contributed by atoms with Gasteiger partial charge < -0.3 is 9.52 Å². The van der Waals surface area contributed by atoms with Crippen molar-refractivity contribution in [2.75, 3.05) is 0 Å². The second kappa shape index (κ2) is 2.37. The number of hydrogen-bond acceptors (Lipinski definition) is 3. The molecule has 0 spiro atoms. The van der Waals surface area contributed by atoms with Crippen LogP contribution in [0.5, 0.6) is 5.95 Å². The zero-order chi connectivity index (χ0) is 8.55. The Morgan fingerprint density at radius 3 is 2.92 bits per heavy atom. The minimum atomic E-state index is -0.131. The van der Waals surface area contributed by atoms with Gasteiger partial charge in [0.05, 0.1) is 0 Å². The topological polar surface area (TPSA) is 50.4 Å². The molecule has 0 saturated heterocycles. The Morgan fingerprint density at radius 1 is 1.33 bits per heavy atom. The van der Waals surface area contributed by atoms with E-state index in [0.717, 1.165) is 11.7 Å². The number of fused-ring (bicyclic) bond motifs is 1. The molecule has 0 radical (unpaired) electrons. The van der Waals surface area contributed by atoms with Crippen molar-refractivity contribution in [2.24, 2.45) is 0 Å². The maximum absolute atomic E-state index is 10.4. The second-order valence-corrected chi connectivity index (χ2v) is 2.50. The van der Waals surface area contributed by atoms with Crippen LogP contribution < -0.4 is 0 Å². The Balaban J connectivity index is 2.74. The van der Waals surface area contributed by atoms with Crippen LogP contribution in [0.3, 0.4) is 0 Å². The summed E-state index contributed by atoms with van der Waals surface area (Å²) in [5.74, 6) is -0.131. The smallest absolute Gasteiger partial charge is 0.282 e. The maximum Gasteiger partial charge on any atom is 0.282 e. The lowest BCUT2D eigenvalue weighted by Crippen LogP contribution is -1.75. The van der Waals surface area contributed by atoms with Crippen molar-refractivity contribution in [1.82, 2.24) is 0 Å². The number of aromatic hydroxyl groups is 1. The molecule has 0 saturated carbocycles. The van der Waals surface area contributed by atoms with E-state index in [-0.39, 0.29) is 5.95 Å². The molecule has 0 atom stereocenters. The number of carbonyl (C=O) groups excluding carboxylic acids is 1. The Morgan fingerprint density at radius 2 is 2.17 bits per heavy atom. The van der Waals surface area contributed by atoms with E-state index in [1.807, 2.05) is 0 Å². The molecular weight excluding hydrogens is 156 g/mol. The molecule has 12 heavy (non-hydrogen) atoms. The van der Waals surface area contributed by atoms with E-state index in [1.165, 1.54) is 6.07 Å². The van der Waals surface area contributed by atoms with Gasteiger partial charge in [0.25, 0.3) is 5.95 Å². The van der Waals surface area contributed by atoms with Crippen LogP contribution in [0.4, 0.5) is 0 Å². The molecule has 0 aliphatic heterocycles. The molecule has 0 aliphatic rings. The van der Waals surface area contributed by atoms with Crippen LogP contribution in [0.2, 0.25) is 0 Å². The van der Waals surface area contributed by atoms with Crippen molar-refractivity contribution in [3.05, 3.63) is 29.8 Å². The summed E-state index contributed by atoms with van der Waals surface area (Å²) >= 11 is 0. The van der Waals surface area contributed by atoms with Gasteiger partial charge in [-0.05, 0) is 18.2 Å². The van der Waals surface area contributed by atoms with Crippen molar-refractivity contribution in [3.63, 3.8) is 0 Å². The number of benzene rings is 1. The van der Waals surface area contributed by atoms with Crippen LogP contribution in [0.15, 0.2) is 28.7 Å². The van der Waals surface area contributed by atoms with Crippen LogP contribution in [0.25, 0.3) is 11.0 Å². The molecule has 0 amide bonds. The molecule has 1 N–H and O–H groups in total. The van der Waals surface area contributed by atoms with Gasteiger partial charge in [-0.15, -0.1) is 0 Å². The lowest BCUT2D eigenvalue weighted by molar-refractivity contribution is 0.112. The summed E-state index contributed by atoms with van der Waals surface area (Å²) in [5.41, 5.74) is 1.15. The summed E-state index contributed by atoms with van der Waals surface area (Å²) in [4.78, 5) is 10.4. The molecule has 0 unspecified atom stereocenters. The van der Waals surface area contributed by atoms with Crippen LogP contribution >= 0.6 is 0 Å². The van der Waals surface area contributed by atoms with Crippen molar-refractivity contribution in [1.29, 1.82) is 0 Å². The average Bonchev–Trinajstić information content (AvgIpc) is 2.43. The van der Waals surface area contributed by atoms with E-state index in [1.54, 1.807) is 18.2 Å². The monoisotopic (exact) mass is 162 g/mol. The number of aldehydes is 1. The molecule has 1 aromatic carbocycles. The average molecular weight is 162 g/mol. The van der Waals surface area contributed by atoms with Gasteiger partial charge in [-0.25, -0.2) is 0 Å². The van der Waals surface area contributed by atoms with Gasteiger partial charge in [0.15, 0.2) is 0 Å². The molecule has 3 heteroatoms. The molecule has 2 rings (SSSR count). The van der Waals surface area contributed by atoms with Crippen molar-refractivity contribution >= 4 is 17.3 Å². The first-order valence-corrected chi connectivity index (χ1v) is 3.47. The van der Waals surface area contributed by atoms with Crippen molar-refractivity contribution in [3.8, 4) is 5.95 Å². The molecule has 0 aliphatic carbocycles. The number of furan rings is 1. The van der Waals surface area contributed by atoms with Gasteiger partial charge in [-0.1, -0.05) is 0 Å². The molecule has 2 aromatic rings. The highest BCUT2D eigenvalue weighted by molar-refractivity contribution is 5.86. The Labute approximate surface area is 68.2 Å². The van der Waals surface area contributed by atoms with Gasteiger partial charge in [0, 0.05) is 17.0 Å². The predicted octanol–water partition coefficient (Wildman–Crippen LogP) is 1.95. The predicted molar refractivity (Wildman–Crippen MR) is 43.3 cm³/mol. The van der Waals surface area contributed by atoms with Gasteiger partial charge in [-0.2, -0.15) is 0 Å². The van der Waals surface area contributed by atoms with Crippen molar-refractivity contribution < 1.29 is 14.3 Å². The summed E-state index contributed by atoms with van der Waals surface area (Å²) in [6, 6.07) is 6.42. The number of rotatable bonds is 1. The third-order valence-electron chi connectivity index (χ3n) is 1.66. The highest BCUT2D eigenvalue weighted by atomic mass is 16.5. The van der Waals surface area contributed by atoms with Crippen LogP contribution in [-0.2, 0) is 0 Å². The summed E-state index contributed by atoms with van der Waals surface area (Å²) in [6.07, 6.45) is 0.753. The molecule has 0 fully saturated rings. The lowest BCUT2D eigenvalue weighted by atomic mass is 10.2. The van der Waals surface area contributed by atoms with Crippen molar-refractivity contribution in [2.45, 2.75) is 0 Å². The van der Waals surface area contributed by atoms with Gasteiger partial charge >= 0.3 is 0 Å². The SMILES string of the molecule is O=Cc1ccc2oc(O)cc2c1. The fourth-order valence-corrected chi connectivity index (χ4v) is 1.12. The molecular formula is C9H6O3. The molecule has 1 aromatic heterocycles. The van der Waals surface area contributed by atoms with E-state index in [9.17, 15) is 4.79 Å². The first kappa shape index (κ1) is 6.91. The minimum absolute atomic E-state index is 0.131. The molecule has 1 heterocycles. The zero-order valence-corrected chi connectivity index (χ0v) is 6.15. The third kappa shape index (κ3) is 0.955. The van der Waals surface area contributed by atoms with Crippen LogP contribution in [-0.4, -0.2) is 11.4 Å². The van der Waals surface area contributed by atoms with Gasteiger partial charge in [0.1, 0.15) is 11.9 Å². The van der Waals surface area contributed by atoms with E-state index in [0.29, 0.717) is 11.1 Å². The second-order valence-electron chi connectivity index (χ2n) is 2.50. The maximum atomic E-state index is 10.4. The van der Waals surface area contributed by atoms with E-state index in [4.69, 9.17) is 9.52 Å². The normalized spacial score (nSPS) is 10.3. The van der Waals surface area contributed by atoms with E-state index >= 15 is 0 Å². The van der Waals surface area contributed by atoms with Gasteiger partial charge in [-0.3, -0.25) is 4.79 Å². The third-order valence-corrected chi connectivity index (χ3v) is 1.66. The van der Waals surface area contributed by atoms with E-state index < -0.39 is 0 Å². The highest BCUT2D eigenvalue weighted by Gasteiger charge is 2.01.